The lowest BCUT2D eigenvalue weighted by Crippen LogP contribution is -2.32. The molecule has 13 aromatic carbocycles. The molecule has 0 amide bonds. The van der Waals surface area contributed by atoms with Crippen LogP contribution >= 0.6 is 34.3 Å². The van der Waals surface area contributed by atoms with Gasteiger partial charge in [0.2, 0.25) is 0 Å². The van der Waals surface area contributed by atoms with Gasteiger partial charge in [-0.1, -0.05) is 194 Å². The summed E-state index contributed by atoms with van der Waals surface area (Å²) in [5.74, 6) is 1.58. The van der Waals surface area contributed by atoms with Crippen LogP contribution in [0.1, 0.15) is 22.3 Å². The third kappa shape index (κ3) is 7.21. The lowest BCUT2D eigenvalue weighted by molar-refractivity contribution is 0.436. The van der Waals surface area contributed by atoms with Crippen LogP contribution in [0.15, 0.2) is 290 Å². The Kier molecular flexibility index (Phi) is 11.0. The van der Waals surface area contributed by atoms with Crippen molar-refractivity contribution in [3.8, 4) is 44.9 Å². The van der Waals surface area contributed by atoms with Gasteiger partial charge in [-0.25, -0.2) is 0 Å². The fraction of sp³-hybridized carbons (Fsp3) is 0.0127. The van der Waals surface area contributed by atoms with Gasteiger partial charge in [-0.05, 0) is 119 Å². The highest BCUT2D eigenvalue weighted by molar-refractivity contribution is 7.26. The average molecular weight is 1160 g/mol. The SMILES string of the molecule is Clc1cccc2c1-c1cc(N(c3ccccc3)c3cc(-c4cccc5c4oc4ccccc45)c4sc5ccccc5c4c3)ccc1C21c2ccccc2Oc2cc(N(c3ccccc3)c3ccc4sc5ccccc5c4c3-c3ccccc3)ccc21. The zero-order valence-corrected chi connectivity index (χ0v) is 48.4. The monoisotopic (exact) mass is 1150 g/mol. The van der Waals surface area contributed by atoms with Crippen molar-refractivity contribution in [2.75, 3.05) is 9.80 Å². The number of fused-ring (bicyclic) bond motifs is 18. The van der Waals surface area contributed by atoms with E-state index in [1.54, 1.807) is 0 Å². The molecular weight excluding hydrogens is 1110 g/mol. The van der Waals surface area contributed by atoms with Crippen molar-refractivity contribution in [1.82, 2.24) is 0 Å². The largest absolute Gasteiger partial charge is 0.457 e. The van der Waals surface area contributed by atoms with Gasteiger partial charge in [0.25, 0.3) is 0 Å². The summed E-state index contributed by atoms with van der Waals surface area (Å²) >= 11 is 11.4. The molecule has 3 aromatic heterocycles. The molecule has 0 saturated carbocycles. The number of ether oxygens (including phenoxy) is 1. The van der Waals surface area contributed by atoms with Crippen molar-refractivity contribution < 1.29 is 9.15 Å². The normalized spacial score (nSPS) is 14.0. The van der Waals surface area contributed by atoms with Gasteiger partial charge in [0, 0.05) is 124 Å². The van der Waals surface area contributed by atoms with Gasteiger partial charge in [-0.15, -0.1) is 22.7 Å². The molecule has 1 spiro atoms. The molecule has 1 atom stereocenters. The Labute approximate surface area is 508 Å². The standard InChI is InChI=1S/C79H47ClN2O2S2/c80-66-33-19-32-65-75(66)61-44-51(81(49-22-6-2-7-23-49)53-45-59-55-27-11-16-36-71(55)86-78(59)60(46-53)57-30-18-29-56-54-26-10-14-34-68(54)84-77(56)57)38-40-62(61)79(65)63-31-13-15-35-69(63)83-70-47-52(39-41-64(70)79)82(50-24-8-3-9-25-50)67-42-43-73-76(58-28-12-17-37-72(58)85-73)74(67)48-20-4-1-5-21-48/h1-47H. The van der Waals surface area contributed by atoms with Crippen molar-refractivity contribution in [2.24, 2.45) is 0 Å². The lowest BCUT2D eigenvalue weighted by atomic mass is 9.66. The van der Waals surface area contributed by atoms with Gasteiger partial charge in [-0.3, -0.25) is 0 Å². The van der Waals surface area contributed by atoms with E-state index in [9.17, 15) is 0 Å². The number of hydrogen-bond donors (Lipinski definition) is 0. The number of furan rings is 1. The highest BCUT2D eigenvalue weighted by atomic mass is 35.5. The minimum absolute atomic E-state index is 0.693. The molecule has 2 aliphatic rings. The summed E-state index contributed by atoms with van der Waals surface area (Å²) in [6.45, 7) is 0. The number of benzene rings is 13. The molecule has 1 aliphatic heterocycles. The number of para-hydroxylation sites is 5. The Balaban J connectivity index is 0.854. The van der Waals surface area contributed by atoms with Crippen LogP contribution in [-0.2, 0) is 5.41 Å². The van der Waals surface area contributed by atoms with E-state index < -0.39 is 5.41 Å². The summed E-state index contributed by atoms with van der Waals surface area (Å²) < 4.78 is 19.0. The topological polar surface area (TPSA) is 28.9 Å². The first-order valence-corrected chi connectivity index (χ1v) is 31.0. The van der Waals surface area contributed by atoms with Gasteiger partial charge < -0.3 is 19.0 Å². The fourth-order valence-corrected chi connectivity index (χ4v) is 16.8. The highest BCUT2D eigenvalue weighted by Gasteiger charge is 2.52. The van der Waals surface area contributed by atoms with Crippen molar-refractivity contribution in [2.45, 2.75) is 5.41 Å². The van der Waals surface area contributed by atoms with Gasteiger partial charge in [0.05, 0.1) is 11.1 Å². The number of rotatable bonds is 8. The second-order valence-corrected chi connectivity index (χ2v) is 24.9. The molecule has 86 heavy (non-hydrogen) atoms. The molecule has 16 aromatic rings. The third-order valence-corrected chi connectivity index (χ3v) is 20.4. The van der Waals surface area contributed by atoms with Crippen molar-refractivity contribution in [3.63, 3.8) is 0 Å². The van der Waals surface area contributed by atoms with Crippen LogP contribution in [0, 0.1) is 0 Å². The molecule has 4 heterocycles. The molecule has 7 heteroatoms. The maximum absolute atomic E-state index is 7.67. The molecule has 18 rings (SSSR count). The van der Waals surface area contributed by atoms with Crippen LogP contribution in [0.5, 0.6) is 11.5 Å². The van der Waals surface area contributed by atoms with E-state index in [2.05, 4.69) is 283 Å². The maximum atomic E-state index is 7.67. The quantitative estimate of drug-likeness (QED) is 0.152. The Hall–Kier alpha value is -10.2. The van der Waals surface area contributed by atoms with Crippen LogP contribution < -0.4 is 14.5 Å². The number of anilines is 6. The van der Waals surface area contributed by atoms with E-state index in [0.29, 0.717) is 5.02 Å². The molecule has 1 aliphatic carbocycles. The molecular formula is C79H47ClN2O2S2. The van der Waals surface area contributed by atoms with Gasteiger partial charge >= 0.3 is 0 Å². The third-order valence-electron chi connectivity index (χ3n) is 17.8. The van der Waals surface area contributed by atoms with Gasteiger partial charge in [-0.2, -0.15) is 0 Å². The Morgan fingerprint density at radius 1 is 0.349 bits per heavy atom. The van der Waals surface area contributed by atoms with Crippen LogP contribution in [0.3, 0.4) is 0 Å². The summed E-state index contributed by atoms with van der Waals surface area (Å²) in [6, 6.07) is 103. The summed E-state index contributed by atoms with van der Waals surface area (Å²) in [5, 5.41) is 7.81. The van der Waals surface area contributed by atoms with Gasteiger partial charge in [0.15, 0.2) is 0 Å². The van der Waals surface area contributed by atoms with E-state index in [1.807, 2.05) is 34.8 Å². The maximum Gasteiger partial charge on any atom is 0.143 e. The van der Waals surface area contributed by atoms with E-state index in [4.69, 9.17) is 20.8 Å². The number of hydrogen-bond acceptors (Lipinski definition) is 6. The highest BCUT2D eigenvalue weighted by Crippen LogP contribution is 2.65. The Morgan fingerprint density at radius 3 is 1.78 bits per heavy atom. The van der Waals surface area contributed by atoms with Crippen LogP contribution in [-0.4, -0.2) is 0 Å². The van der Waals surface area contributed by atoms with E-state index in [-0.39, 0.29) is 0 Å². The van der Waals surface area contributed by atoms with Crippen LogP contribution in [0.2, 0.25) is 5.02 Å². The molecule has 0 saturated heterocycles. The molecule has 0 radical (unpaired) electrons. The number of thiophene rings is 2. The lowest BCUT2D eigenvalue weighted by Gasteiger charge is -2.40. The molecule has 4 nitrogen and oxygen atoms in total. The zero-order chi connectivity index (χ0) is 56.6. The zero-order valence-electron chi connectivity index (χ0n) is 46.0. The van der Waals surface area contributed by atoms with Crippen LogP contribution in [0.4, 0.5) is 34.1 Å². The second kappa shape index (κ2) is 19.2. The Morgan fingerprint density at radius 2 is 0.965 bits per heavy atom. The van der Waals surface area contributed by atoms with E-state index in [0.717, 1.165) is 118 Å². The van der Waals surface area contributed by atoms with Gasteiger partial charge in [0.1, 0.15) is 22.7 Å². The fourth-order valence-electron chi connectivity index (χ4n) is 14.2. The summed E-state index contributed by atoms with van der Waals surface area (Å²) in [7, 11) is 0. The molecule has 0 fully saturated rings. The van der Waals surface area contributed by atoms with E-state index >= 15 is 0 Å². The number of halogens is 1. The van der Waals surface area contributed by atoms with Crippen LogP contribution in [0.25, 0.3) is 95.7 Å². The van der Waals surface area contributed by atoms with E-state index in [1.165, 1.54) is 45.9 Å². The van der Waals surface area contributed by atoms with Crippen molar-refractivity contribution in [3.05, 3.63) is 312 Å². The minimum Gasteiger partial charge on any atom is -0.457 e. The summed E-state index contributed by atoms with van der Waals surface area (Å²) in [6.07, 6.45) is 0. The first-order valence-electron chi connectivity index (χ1n) is 29.0. The predicted molar refractivity (Wildman–Crippen MR) is 362 cm³/mol. The summed E-state index contributed by atoms with van der Waals surface area (Å²) in [4.78, 5) is 4.81. The second-order valence-electron chi connectivity index (χ2n) is 22.3. The first kappa shape index (κ1) is 49.2. The summed E-state index contributed by atoms with van der Waals surface area (Å²) in [5.41, 5.74) is 18.1. The minimum atomic E-state index is -0.803. The smallest absolute Gasteiger partial charge is 0.143 e. The average Bonchev–Trinajstić information content (AvgIpc) is 1.55. The molecule has 0 bridgehead atoms. The predicted octanol–water partition coefficient (Wildman–Crippen LogP) is 23.7. The molecule has 1 unspecified atom stereocenters. The molecule has 404 valence electrons. The molecule has 0 N–H and O–H groups in total. The number of nitrogens with zero attached hydrogens (tertiary/aromatic N) is 2. The van der Waals surface area contributed by atoms with Crippen molar-refractivity contribution in [1.29, 1.82) is 0 Å². The Bertz CT molecular complexity index is 5440. The van der Waals surface area contributed by atoms with Crippen molar-refractivity contribution >= 4 is 131 Å². The first-order chi connectivity index (χ1) is 42.6.